The highest BCUT2D eigenvalue weighted by molar-refractivity contribution is 5.27. The average molecular weight is 204 g/mol. The molecule has 0 amide bonds. The normalized spacial score (nSPS) is 19.5. The van der Waals surface area contributed by atoms with Crippen molar-refractivity contribution in [2.24, 2.45) is 0 Å². The maximum atomic E-state index is 5.41. The summed E-state index contributed by atoms with van der Waals surface area (Å²) in [6, 6.07) is 0.902. The van der Waals surface area contributed by atoms with Crippen LogP contribution in [0.25, 0.3) is 6.01 Å². The van der Waals surface area contributed by atoms with Crippen molar-refractivity contribution in [3.63, 3.8) is 0 Å². The van der Waals surface area contributed by atoms with Gasteiger partial charge in [0.05, 0.1) is 11.9 Å². The van der Waals surface area contributed by atoms with E-state index in [-0.39, 0.29) is 0 Å². The molecular formula is C10H12N4O. The second-order valence-corrected chi connectivity index (χ2v) is 3.83. The molecule has 2 aromatic rings. The fourth-order valence-electron chi connectivity index (χ4n) is 1.83. The number of hydrogen-bond donors (Lipinski definition) is 1. The molecule has 1 aliphatic rings. The molecule has 5 heteroatoms. The van der Waals surface area contributed by atoms with Gasteiger partial charge in [0.2, 0.25) is 0 Å². The Labute approximate surface area is 87.1 Å². The van der Waals surface area contributed by atoms with Crippen LogP contribution in [0.3, 0.4) is 0 Å². The monoisotopic (exact) mass is 204 g/mol. The Hall–Kier alpha value is -1.62. The Morgan fingerprint density at radius 1 is 1.60 bits per heavy atom. The number of hydrogen-bond acceptors (Lipinski definition) is 4. The minimum Gasteiger partial charge on any atom is -0.427 e. The minimum atomic E-state index is 0.366. The zero-order valence-corrected chi connectivity index (χ0v) is 8.69. The van der Waals surface area contributed by atoms with Gasteiger partial charge in [-0.3, -0.25) is 0 Å². The van der Waals surface area contributed by atoms with Crippen molar-refractivity contribution in [2.45, 2.75) is 26.4 Å². The maximum absolute atomic E-state index is 5.41. The molecule has 1 N–H and O–H groups in total. The van der Waals surface area contributed by atoms with E-state index in [2.05, 4.69) is 22.3 Å². The third kappa shape index (κ3) is 1.27. The SMILES string of the molecule is Cc1cnc(-n2cc3c(n2)CNC3C)o1. The molecule has 0 saturated carbocycles. The second kappa shape index (κ2) is 2.93. The molecule has 5 nitrogen and oxygen atoms in total. The fourth-order valence-corrected chi connectivity index (χ4v) is 1.83. The Kier molecular flexibility index (Phi) is 1.70. The highest BCUT2D eigenvalue weighted by Gasteiger charge is 2.22. The Morgan fingerprint density at radius 3 is 3.13 bits per heavy atom. The summed E-state index contributed by atoms with van der Waals surface area (Å²) in [5.41, 5.74) is 2.31. The molecule has 15 heavy (non-hydrogen) atoms. The van der Waals surface area contributed by atoms with Crippen molar-refractivity contribution in [1.29, 1.82) is 0 Å². The lowest BCUT2D eigenvalue weighted by Gasteiger charge is -2.00. The topological polar surface area (TPSA) is 55.9 Å². The minimum absolute atomic E-state index is 0.366. The van der Waals surface area contributed by atoms with Crippen molar-refractivity contribution in [3.8, 4) is 6.01 Å². The van der Waals surface area contributed by atoms with Gasteiger partial charge < -0.3 is 9.73 Å². The summed E-state index contributed by atoms with van der Waals surface area (Å²) < 4.78 is 7.11. The first-order chi connectivity index (χ1) is 7.24. The van der Waals surface area contributed by atoms with Gasteiger partial charge in [-0.15, -0.1) is 0 Å². The van der Waals surface area contributed by atoms with E-state index in [1.807, 2.05) is 13.1 Å². The largest absolute Gasteiger partial charge is 0.427 e. The molecule has 1 unspecified atom stereocenters. The standard InChI is InChI=1S/C10H12N4O/c1-6-3-12-10(15-6)14-5-8-7(2)11-4-9(8)13-14/h3,5,7,11H,4H2,1-2H3. The number of nitrogens with zero attached hydrogens (tertiary/aromatic N) is 3. The summed E-state index contributed by atoms with van der Waals surface area (Å²) >= 11 is 0. The molecule has 1 aliphatic heterocycles. The van der Waals surface area contributed by atoms with E-state index < -0.39 is 0 Å². The number of aromatic nitrogens is 3. The Balaban J connectivity index is 2.04. The number of fused-ring (bicyclic) bond motifs is 1. The molecule has 3 heterocycles. The highest BCUT2D eigenvalue weighted by Crippen LogP contribution is 2.24. The number of oxazole rings is 1. The lowest BCUT2D eigenvalue weighted by molar-refractivity contribution is 0.482. The molecule has 0 spiro atoms. The van der Waals surface area contributed by atoms with E-state index in [1.54, 1.807) is 10.9 Å². The van der Waals surface area contributed by atoms with Crippen molar-refractivity contribution in [1.82, 2.24) is 20.1 Å². The van der Waals surface area contributed by atoms with E-state index in [4.69, 9.17) is 4.42 Å². The maximum Gasteiger partial charge on any atom is 0.322 e. The van der Waals surface area contributed by atoms with Crippen LogP contribution in [0, 0.1) is 6.92 Å². The van der Waals surface area contributed by atoms with E-state index >= 15 is 0 Å². The van der Waals surface area contributed by atoms with E-state index in [0.717, 1.165) is 18.0 Å². The van der Waals surface area contributed by atoms with Gasteiger partial charge in [0, 0.05) is 24.3 Å². The van der Waals surface area contributed by atoms with Crippen LogP contribution in [0.2, 0.25) is 0 Å². The Bertz CT molecular complexity index is 499. The van der Waals surface area contributed by atoms with Crippen molar-refractivity contribution < 1.29 is 4.42 Å². The van der Waals surface area contributed by atoms with Gasteiger partial charge in [-0.25, -0.2) is 0 Å². The number of rotatable bonds is 1. The molecule has 0 bridgehead atoms. The van der Waals surface area contributed by atoms with Crippen molar-refractivity contribution in [3.05, 3.63) is 29.4 Å². The van der Waals surface area contributed by atoms with E-state index in [9.17, 15) is 0 Å². The van der Waals surface area contributed by atoms with Gasteiger partial charge in [0.15, 0.2) is 0 Å². The third-order valence-electron chi connectivity index (χ3n) is 2.67. The lowest BCUT2D eigenvalue weighted by Crippen LogP contribution is -2.09. The van der Waals surface area contributed by atoms with Crippen molar-refractivity contribution in [2.75, 3.05) is 0 Å². The lowest BCUT2D eigenvalue weighted by atomic mass is 10.2. The van der Waals surface area contributed by atoms with Gasteiger partial charge in [0.25, 0.3) is 0 Å². The van der Waals surface area contributed by atoms with Crippen LogP contribution in [0.5, 0.6) is 0 Å². The smallest absolute Gasteiger partial charge is 0.322 e. The molecule has 1 atom stereocenters. The molecule has 3 rings (SSSR count). The van der Waals surface area contributed by atoms with Crippen LogP contribution in [0.1, 0.15) is 30.0 Å². The third-order valence-corrected chi connectivity index (χ3v) is 2.67. The predicted octanol–water partition coefficient (Wildman–Crippen LogP) is 1.33. The molecule has 78 valence electrons. The van der Waals surface area contributed by atoms with E-state index in [1.165, 1.54) is 5.56 Å². The molecule has 0 fully saturated rings. The number of aryl methyl sites for hydroxylation is 1. The van der Waals surface area contributed by atoms with E-state index in [0.29, 0.717) is 12.1 Å². The first kappa shape index (κ1) is 8.67. The van der Waals surface area contributed by atoms with Gasteiger partial charge in [-0.05, 0) is 13.8 Å². The summed E-state index contributed by atoms with van der Waals surface area (Å²) in [4.78, 5) is 4.14. The van der Waals surface area contributed by atoms with Crippen LogP contribution >= 0.6 is 0 Å². The van der Waals surface area contributed by atoms with Crippen molar-refractivity contribution >= 4 is 0 Å². The Morgan fingerprint density at radius 2 is 2.47 bits per heavy atom. The summed E-state index contributed by atoms with van der Waals surface area (Å²) in [6.45, 7) is 4.82. The summed E-state index contributed by atoms with van der Waals surface area (Å²) in [5.74, 6) is 0.798. The quantitative estimate of drug-likeness (QED) is 0.761. The molecule has 0 aliphatic carbocycles. The summed E-state index contributed by atoms with van der Waals surface area (Å²) in [6.07, 6.45) is 3.68. The molecular weight excluding hydrogens is 192 g/mol. The van der Waals surface area contributed by atoms with Crippen LogP contribution in [-0.2, 0) is 6.54 Å². The highest BCUT2D eigenvalue weighted by atomic mass is 16.4. The second-order valence-electron chi connectivity index (χ2n) is 3.83. The zero-order chi connectivity index (χ0) is 10.4. The fraction of sp³-hybridized carbons (Fsp3) is 0.400. The molecule has 0 saturated heterocycles. The van der Waals surface area contributed by atoms with Crippen LogP contribution in [0.4, 0.5) is 0 Å². The first-order valence-corrected chi connectivity index (χ1v) is 4.98. The average Bonchev–Trinajstić information content (AvgIpc) is 2.84. The van der Waals surface area contributed by atoms with Gasteiger partial charge >= 0.3 is 6.01 Å². The number of nitrogens with one attached hydrogen (secondary N) is 1. The van der Waals surface area contributed by atoms with Gasteiger partial charge in [-0.1, -0.05) is 0 Å². The van der Waals surface area contributed by atoms with Crippen LogP contribution in [-0.4, -0.2) is 14.8 Å². The molecule has 2 aromatic heterocycles. The predicted molar refractivity (Wildman–Crippen MR) is 53.6 cm³/mol. The molecule has 0 radical (unpaired) electrons. The van der Waals surface area contributed by atoms with Crippen LogP contribution in [0.15, 0.2) is 16.8 Å². The van der Waals surface area contributed by atoms with Crippen LogP contribution < -0.4 is 5.32 Å². The molecule has 0 aromatic carbocycles. The first-order valence-electron chi connectivity index (χ1n) is 4.98. The zero-order valence-electron chi connectivity index (χ0n) is 8.69. The van der Waals surface area contributed by atoms with Gasteiger partial charge in [-0.2, -0.15) is 14.8 Å². The summed E-state index contributed by atoms with van der Waals surface area (Å²) in [5, 5.41) is 7.74. The van der Waals surface area contributed by atoms with Gasteiger partial charge in [0.1, 0.15) is 5.76 Å². The summed E-state index contributed by atoms with van der Waals surface area (Å²) in [7, 11) is 0.